The molecule has 1 aromatic heterocycles. The molecule has 1 aromatic carbocycles. The van der Waals surface area contributed by atoms with Crippen LogP contribution in [0.1, 0.15) is 27.7 Å². The second kappa shape index (κ2) is 4.04. The van der Waals surface area contributed by atoms with Crippen LogP contribution in [0.2, 0.25) is 0 Å². The number of thiophene rings is 1. The van der Waals surface area contributed by atoms with E-state index in [4.69, 9.17) is 9.31 Å². The minimum absolute atomic E-state index is 0.166. The van der Waals surface area contributed by atoms with Crippen LogP contribution in [0.15, 0.2) is 23.6 Å². The van der Waals surface area contributed by atoms with Gasteiger partial charge in [-0.15, -0.1) is 11.3 Å². The van der Waals surface area contributed by atoms with E-state index in [9.17, 15) is 4.39 Å². The summed E-state index contributed by atoms with van der Waals surface area (Å²) in [4.78, 5) is 0. The van der Waals surface area contributed by atoms with Crippen LogP contribution < -0.4 is 5.46 Å². The first kappa shape index (κ1) is 13.1. The van der Waals surface area contributed by atoms with Gasteiger partial charge in [-0.05, 0) is 39.2 Å². The lowest BCUT2D eigenvalue weighted by molar-refractivity contribution is 0.00578. The first-order chi connectivity index (χ1) is 8.80. The molecule has 0 bridgehead atoms. The van der Waals surface area contributed by atoms with E-state index in [0.29, 0.717) is 5.39 Å². The topological polar surface area (TPSA) is 18.5 Å². The fraction of sp³-hybridized carbons (Fsp3) is 0.429. The van der Waals surface area contributed by atoms with Gasteiger partial charge in [0.1, 0.15) is 5.82 Å². The van der Waals surface area contributed by atoms with Crippen molar-refractivity contribution in [3.63, 3.8) is 0 Å². The number of hydrogen-bond donors (Lipinski definition) is 0. The molecular weight excluding hydrogens is 262 g/mol. The van der Waals surface area contributed by atoms with Crippen LogP contribution in [0.3, 0.4) is 0 Å². The van der Waals surface area contributed by atoms with Crippen molar-refractivity contribution >= 4 is 34.0 Å². The van der Waals surface area contributed by atoms with Crippen molar-refractivity contribution < 1.29 is 13.7 Å². The second-order valence-electron chi connectivity index (χ2n) is 5.93. The van der Waals surface area contributed by atoms with Crippen LogP contribution in [-0.2, 0) is 9.31 Å². The Hall–Kier alpha value is -0.905. The smallest absolute Gasteiger partial charge is 0.399 e. The van der Waals surface area contributed by atoms with Crippen LogP contribution in [0.25, 0.3) is 10.1 Å². The Morgan fingerprint density at radius 1 is 1.11 bits per heavy atom. The van der Waals surface area contributed by atoms with E-state index in [1.54, 1.807) is 6.07 Å². The minimum atomic E-state index is -0.389. The third kappa shape index (κ3) is 2.00. The first-order valence-electron chi connectivity index (χ1n) is 6.32. The van der Waals surface area contributed by atoms with E-state index in [-0.39, 0.29) is 24.1 Å². The predicted molar refractivity (Wildman–Crippen MR) is 77.5 cm³/mol. The van der Waals surface area contributed by atoms with Gasteiger partial charge in [-0.2, -0.15) is 0 Å². The quantitative estimate of drug-likeness (QED) is 0.745. The number of benzene rings is 1. The number of halogens is 1. The van der Waals surface area contributed by atoms with Gasteiger partial charge >= 0.3 is 7.12 Å². The van der Waals surface area contributed by atoms with Crippen LogP contribution >= 0.6 is 11.3 Å². The molecule has 0 N–H and O–H groups in total. The number of hydrogen-bond acceptors (Lipinski definition) is 3. The Morgan fingerprint density at radius 3 is 2.37 bits per heavy atom. The van der Waals surface area contributed by atoms with Gasteiger partial charge in [0, 0.05) is 15.5 Å². The molecule has 0 atom stereocenters. The average Bonchev–Trinajstić information content (AvgIpc) is 2.78. The zero-order valence-corrected chi connectivity index (χ0v) is 12.3. The van der Waals surface area contributed by atoms with E-state index in [1.165, 1.54) is 16.7 Å². The summed E-state index contributed by atoms with van der Waals surface area (Å²) in [5.74, 6) is -0.166. The summed E-state index contributed by atoms with van der Waals surface area (Å²) in [7, 11) is -0.389. The Labute approximate surface area is 116 Å². The van der Waals surface area contributed by atoms with E-state index < -0.39 is 0 Å². The molecule has 0 saturated carbocycles. The predicted octanol–water partition coefficient (Wildman–Crippen LogP) is 3.34. The molecule has 100 valence electrons. The lowest BCUT2D eigenvalue weighted by Crippen LogP contribution is -2.41. The first-order valence-corrected chi connectivity index (χ1v) is 7.20. The van der Waals surface area contributed by atoms with Crippen molar-refractivity contribution in [3.8, 4) is 0 Å². The van der Waals surface area contributed by atoms with Gasteiger partial charge in [0.2, 0.25) is 0 Å². The molecule has 1 fully saturated rings. The highest BCUT2D eigenvalue weighted by Gasteiger charge is 2.51. The van der Waals surface area contributed by atoms with Crippen LogP contribution in [0.5, 0.6) is 0 Å². The highest BCUT2D eigenvalue weighted by molar-refractivity contribution is 7.17. The molecule has 2 heterocycles. The van der Waals surface area contributed by atoms with Gasteiger partial charge in [0.15, 0.2) is 0 Å². The van der Waals surface area contributed by atoms with Crippen molar-refractivity contribution in [1.82, 2.24) is 0 Å². The van der Waals surface area contributed by atoms with Crippen molar-refractivity contribution in [2.24, 2.45) is 0 Å². The molecular formula is C14H16BFO2S. The Bertz CT molecular complexity index is 619. The lowest BCUT2D eigenvalue weighted by atomic mass is 9.79. The van der Waals surface area contributed by atoms with Crippen LogP contribution in [0, 0.1) is 5.82 Å². The summed E-state index contributed by atoms with van der Waals surface area (Å²) in [6.07, 6.45) is 0. The van der Waals surface area contributed by atoms with E-state index >= 15 is 0 Å². The van der Waals surface area contributed by atoms with Crippen molar-refractivity contribution in [2.75, 3.05) is 0 Å². The molecule has 0 radical (unpaired) electrons. The molecule has 19 heavy (non-hydrogen) atoms. The maximum absolute atomic E-state index is 13.4. The fourth-order valence-electron chi connectivity index (χ4n) is 2.14. The zero-order chi connectivity index (χ0) is 13.8. The van der Waals surface area contributed by atoms with E-state index in [1.807, 2.05) is 39.8 Å². The van der Waals surface area contributed by atoms with Gasteiger partial charge in [-0.3, -0.25) is 0 Å². The second-order valence-corrected chi connectivity index (χ2v) is 6.84. The molecule has 0 amide bonds. The standard InChI is InChI=1S/C14H16BFO2S/c1-13(2)14(3,4)18-15(17-13)9-5-6-10-11(16)8-19-12(10)7-9/h5-8H,1-4H3. The van der Waals surface area contributed by atoms with Crippen LogP contribution in [-0.4, -0.2) is 18.3 Å². The van der Waals surface area contributed by atoms with Crippen molar-refractivity contribution in [3.05, 3.63) is 29.4 Å². The third-order valence-electron chi connectivity index (χ3n) is 4.08. The molecule has 0 aliphatic carbocycles. The summed E-state index contributed by atoms with van der Waals surface area (Å²) in [5.41, 5.74) is 0.230. The molecule has 1 aliphatic rings. The normalized spacial score (nSPS) is 21.2. The molecule has 2 aromatic rings. The summed E-state index contributed by atoms with van der Waals surface area (Å²) >= 11 is 1.40. The third-order valence-corrected chi connectivity index (χ3v) is 4.99. The highest BCUT2D eigenvalue weighted by atomic mass is 32.1. The van der Waals surface area contributed by atoms with E-state index in [2.05, 4.69) is 0 Å². The van der Waals surface area contributed by atoms with Gasteiger partial charge in [-0.25, -0.2) is 4.39 Å². The number of rotatable bonds is 1. The Morgan fingerprint density at radius 2 is 1.74 bits per heavy atom. The SMILES string of the molecule is CC1(C)OB(c2ccc3c(F)csc3c2)OC1(C)C. The molecule has 5 heteroatoms. The highest BCUT2D eigenvalue weighted by Crippen LogP contribution is 2.36. The summed E-state index contributed by atoms with van der Waals surface area (Å²) < 4.78 is 26.4. The summed E-state index contributed by atoms with van der Waals surface area (Å²) in [6, 6.07) is 5.62. The van der Waals surface area contributed by atoms with Gasteiger partial charge in [0.05, 0.1) is 11.2 Å². The molecule has 0 unspecified atom stereocenters. The minimum Gasteiger partial charge on any atom is -0.399 e. The fourth-order valence-corrected chi connectivity index (χ4v) is 2.99. The van der Waals surface area contributed by atoms with Crippen LogP contribution in [0.4, 0.5) is 4.39 Å². The summed E-state index contributed by atoms with van der Waals surface area (Å²) in [5, 5.41) is 2.18. The maximum atomic E-state index is 13.4. The van der Waals surface area contributed by atoms with Crippen molar-refractivity contribution in [2.45, 2.75) is 38.9 Å². The number of fused-ring (bicyclic) bond motifs is 1. The van der Waals surface area contributed by atoms with E-state index in [0.717, 1.165) is 10.2 Å². The summed E-state index contributed by atoms with van der Waals surface area (Å²) in [6.45, 7) is 8.10. The Balaban J connectivity index is 1.98. The molecule has 1 saturated heterocycles. The molecule has 0 spiro atoms. The molecule has 2 nitrogen and oxygen atoms in total. The van der Waals surface area contributed by atoms with Crippen molar-refractivity contribution in [1.29, 1.82) is 0 Å². The Kier molecular flexibility index (Phi) is 2.79. The lowest BCUT2D eigenvalue weighted by Gasteiger charge is -2.32. The molecule has 1 aliphatic heterocycles. The monoisotopic (exact) mass is 278 g/mol. The van der Waals surface area contributed by atoms with Gasteiger partial charge in [-0.1, -0.05) is 12.1 Å². The maximum Gasteiger partial charge on any atom is 0.494 e. The van der Waals surface area contributed by atoms with Gasteiger partial charge in [0.25, 0.3) is 0 Å². The zero-order valence-electron chi connectivity index (χ0n) is 11.5. The largest absolute Gasteiger partial charge is 0.494 e. The molecule has 3 rings (SSSR count). The average molecular weight is 278 g/mol. The van der Waals surface area contributed by atoms with Gasteiger partial charge < -0.3 is 9.31 Å².